The molecule has 1 saturated heterocycles. The number of fused-ring (bicyclic) bond motifs is 3. The molecule has 9 heteroatoms. The highest BCUT2D eigenvalue weighted by Gasteiger charge is 2.30. The Bertz CT molecular complexity index is 1320. The van der Waals surface area contributed by atoms with Gasteiger partial charge in [-0.15, -0.1) is 5.10 Å². The lowest BCUT2D eigenvalue weighted by molar-refractivity contribution is 0.108. The Hall–Kier alpha value is -3.51. The third-order valence-electron chi connectivity index (χ3n) is 5.47. The Kier molecular flexibility index (Phi) is 3.57. The lowest BCUT2D eigenvalue weighted by atomic mass is 10.1. The molecule has 4 heterocycles. The molecular weight excluding hydrogens is 358 g/mol. The molecule has 0 aliphatic carbocycles. The fourth-order valence-corrected chi connectivity index (χ4v) is 4.04. The lowest BCUT2D eigenvalue weighted by Gasteiger charge is -2.20. The fraction of sp³-hybridized carbons (Fsp3) is 0.316. The monoisotopic (exact) mass is 375 g/mol. The average molecular weight is 375 g/mol. The molecular formula is C19H17N7O2. The molecule has 1 aromatic carbocycles. The predicted molar refractivity (Wildman–Crippen MR) is 101 cm³/mol. The summed E-state index contributed by atoms with van der Waals surface area (Å²) in [7, 11) is 0. The molecule has 0 saturated carbocycles. The van der Waals surface area contributed by atoms with Gasteiger partial charge in [0.25, 0.3) is 5.56 Å². The second-order valence-electron chi connectivity index (χ2n) is 6.94. The van der Waals surface area contributed by atoms with Gasteiger partial charge < -0.3 is 4.74 Å². The van der Waals surface area contributed by atoms with E-state index in [2.05, 4.69) is 15.3 Å². The van der Waals surface area contributed by atoms with Gasteiger partial charge in [-0.3, -0.25) is 13.8 Å². The molecule has 0 bridgehead atoms. The highest BCUT2D eigenvalue weighted by Crippen LogP contribution is 2.30. The van der Waals surface area contributed by atoms with Crippen molar-refractivity contribution in [2.24, 2.45) is 0 Å². The number of ether oxygens (including phenoxy) is 1. The molecule has 0 radical (unpaired) electrons. The Labute approximate surface area is 159 Å². The molecule has 0 spiro atoms. The zero-order chi connectivity index (χ0) is 19.4. The third-order valence-corrected chi connectivity index (χ3v) is 5.47. The summed E-state index contributed by atoms with van der Waals surface area (Å²) in [5, 5.41) is 17.1. The van der Waals surface area contributed by atoms with Gasteiger partial charge in [0.15, 0.2) is 0 Å². The minimum absolute atomic E-state index is 0.0546. The Morgan fingerprint density at radius 2 is 2.04 bits per heavy atom. The maximum Gasteiger partial charge on any atom is 0.278 e. The second-order valence-corrected chi connectivity index (χ2v) is 6.94. The summed E-state index contributed by atoms with van der Waals surface area (Å²) in [4.78, 5) is 18.1. The summed E-state index contributed by atoms with van der Waals surface area (Å²) < 4.78 is 10.4. The van der Waals surface area contributed by atoms with Crippen molar-refractivity contribution < 1.29 is 4.74 Å². The summed E-state index contributed by atoms with van der Waals surface area (Å²) in [5.41, 5.74) is 3.38. The van der Waals surface area contributed by atoms with Crippen molar-refractivity contribution in [2.75, 3.05) is 6.61 Å². The van der Waals surface area contributed by atoms with E-state index in [9.17, 15) is 4.79 Å². The van der Waals surface area contributed by atoms with E-state index in [1.807, 2.05) is 41.9 Å². The van der Waals surface area contributed by atoms with E-state index in [1.165, 1.54) is 0 Å². The van der Waals surface area contributed by atoms with Crippen molar-refractivity contribution in [3.63, 3.8) is 0 Å². The topological polar surface area (TPSA) is 103 Å². The van der Waals surface area contributed by atoms with Gasteiger partial charge in [-0.2, -0.15) is 9.94 Å². The van der Waals surface area contributed by atoms with Crippen LogP contribution in [0.4, 0.5) is 0 Å². The van der Waals surface area contributed by atoms with Crippen molar-refractivity contribution in [1.82, 2.24) is 28.9 Å². The molecule has 4 aromatic rings. The van der Waals surface area contributed by atoms with E-state index < -0.39 is 0 Å². The van der Waals surface area contributed by atoms with Crippen LogP contribution in [0, 0.1) is 18.4 Å². The molecule has 2 unspecified atom stereocenters. The SMILES string of the molecule is Cc1c(-c2ncn3c2c(=O)n(C2CCOC2C)c2ccccc23)nnn1C#N. The second kappa shape index (κ2) is 6.00. The van der Waals surface area contributed by atoms with Crippen molar-refractivity contribution in [2.45, 2.75) is 32.4 Å². The molecule has 28 heavy (non-hydrogen) atoms. The van der Waals surface area contributed by atoms with Crippen molar-refractivity contribution in [3.8, 4) is 17.6 Å². The smallest absolute Gasteiger partial charge is 0.278 e. The first-order valence-electron chi connectivity index (χ1n) is 9.06. The summed E-state index contributed by atoms with van der Waals surface area (Å²) in [6, 6.07) is 7.70. The Morgan fingerprint density at radius 1 is 1.25 bits per heavy atom. The van der Waals surface area contributed by atoms with Gasteiger partial charge in [-0.25, -0.2) is 4.98 Å². The summed E-state index contributed by atoms with van der Waals surface area (Å²) in [5.74, 6) is 0. The average Bonchev–Trinajstić information content (AvgIpc) is 3.41. The van der Waals surface area contributed by atoms with Crippen LogP contribution in [-0.4, -0.2) is 41.7 Å². The number of para-hydroxylation sites is 2. The van der Waals surface area contributed by atoms with E-state index in [0.29, 0.717) is 29.2 Å². The van der Waals surface area contributed by atoms with Crippen molar-refractivity contribution in [1.29, 1.82) is 5.26 Å². The highest BCUT2D eigenvalue weighted by molar-refractivity contribution is 5.84. The van der Waals surface area contributed by atoms with Gasteiger partial charge in [0.1, 0.15) is 23.2 Å². The first kappa shape index (κ1) is 16.6. The Morgan fingerprint density at radius 3 is 2.71 bits per heavy atom. The van der Waals surface area contributed by atoms with Crippen LogP contribution in [0.2, 0.25) is 0 Å². The van der Waals surface area contributed by atoms with Crippen LogP contribution in [-0.2, 0) is 4.74 Å². The standard InChI is InChI=1S/C19H17N7O2/c1-11-16(22-23-25(11)9-20)17-18-19(27)26(13-7-8-28-12(13)2)15-6-4-3-5-14(15)24(18)10-21-17/h3-6,10,12-13H,7-8H2,1-2H3. The number of nitriles is 1. The largest absolute Gasteiger partial charge is 0.376 e. The predicted octanol–water partition coefficient (Wildman–Crippen LogP) is 1.90. The van der Waals surface area contributed by atoms with Crippen LogP contribution >= 0.6 is 0 Å². The van der Waals surface area contributed by atoms with Crippen LogP contribution in [0.25, 0.3) is 27.9 Å². The molecule has 2 atom stereocenters. The Balaban J connectivity index is 1.90. The van der Waals surface area contributed by atoms with Gasteiger partial charge in [-0.1, -0.05) is 17.3 Å². The van der Waals surface area contributed by atoms with Crippen LogP contribution < -0.4 is 5.56 Å². The van der Waals surface area contributed by atoms with E-state index >= 15 is 0 Å². The fourth-order valence-electron chi connectivity index (χ4n) is 4.04. The molecule has 0 N–H and O–H groups in total. The highest BCUT2D eigenvalue weighted by atomic mass is 16.5. The molecule has 140 valence electrons. The molecule has 0 amide bonds. The number of hydrogen-bond donors (Lipinski definition) is 0. The van der Waals surface area contributed by atoms with Crippen molar-refractivity contribution in [3.05, 3.63) is 46.6 Å². The zero-order valence-corrected chi connectivity index (χ0v) is 15.4. The molecule has 5 rings (SSSR count). The van der Waals surface area contributed by atoms with Gasteiger partial charge in [-0.05, 0) is 32.4 Å². The summed E-state index contributed by atoms with van der Waals surface area (Å²) in [6.45, 7) is 4.35. The molecule has 1 aliphatic rings. The maximum absolute atomic E-state index is 13.6. The number of hydrogen-bond acceptors (Lipinski definition) is 6. The first-order chi connectivity index (χ1) is 13.6. The molecule has 3 aromatic heterocycles. The quantitative estimate of drug-likeness (QED) is 0.530. The van der Waals surface area contributed by atoms with E-state index in [4.69, 9.17) is 10.00 Å². The van der Waals surface area contributed by atoms with Crippen LogP contribution in [0.15, 0.2) is 35.4 Å². The minimum atomic E-state index is -0.153. The normalized spacial score (nSPS) is 19.5. The van der Waals surface area contributed by atoms with Crippen LogP contribution in [0.5, 0.6) is 0 Å². The van der Waals surface area contributed by atoms with Crippen molar-refractivity contribution >= 4 is 16.6 Å². The minimum Gasteiger partial charge on any atom is -0.376 e. The summed E-state index contributed by atoms with van der Waals surface area (Å²) in [6.07, 6.45) is 4.28. The summed E-state index contributed by atoms with van der Waals surface area (Å²) >= 11 is 0. The van der Waals surface area contributed by atoms with E-state index in [-0.39, 0.29) is 17.7 Å². The van der Waals surface area contributed by atoms with Gasteiger partial charge in [0.2, 0.25) is 6.19 Å². The number of nitrogens with zero attached hydrogens (tertiary/aromatic N) is 7. The number of rotatable bonds is 2. The van der Waals surface area contributed by atoms with Gasteiger partial charge in [0.05, 0.1) is 28.9 Å². The van der Waals surface area contributed by atoms with Gasteiger partial charge >= 0.3 is 0 Å². The van der Waals surface area contributed by atoms with E-state index in [1.54, 1.807) is 17.7 Å². The first-order valence-corrected chi connectivity index (χ1v) is 9.06. The van der Waals surface area contributed by atoms with E-state index in [0.717, 1.165) is 22.1 Å². The number of benzene rings is 1. The van der Waals surface area contributed by atoms with Crippen LogP contribution in [0.3, 0.4) is 0 Å². The van der Waals surface area contributed by atoms with Crippen LogP contribution in [0.1, 0.15) is 25.1 Å². The molecule has 9 nitrogen and oxygen atoms in total. The number of imidazole rings is 1. The lowest BCUT2D eigenvalue weighted by Crippen LogP contribution is -2.30. The third kappa shape index (κ3) is 2.15. The maximum atomic E-state index is 13.6. The van der Waals surface area contributed by atoms with Gasteiger partial charge in [0, 0.05) is 6.61 Å². The zero-order valence-electron chi connectivity index (χ0n) is 15.4. The molecule has 1 fully saturated rings. The number of aromatic nitrogens is 6. The molecule has 1 aliphatic heterocycles.